The monoisotopic (exact) mass is 186 g/mol. The van der Waals surface area contributed by atoms with Gasteiger partial charge in [0.2, 0.25) is 0 Å². The second-order valence-electron chi connectivity index (χ2n) is 3.09. The second-order valence-corrected chi connectivity index (χ2v) is 3.09. The summed E-state index contributed by atoms with van der Waals surface area (Å²) in [7, 11) is 1.91. The molecule has 0 atom stereocenters. The quantitative estimate of drug-likeness (QED) is 0.671. The third kappa shape index (κ3) is 1.33. The molecule has 0 saturated carbocycles. The van der Waals surface area contributed by atoms with Crippen molar-refractivity contribution in [1.29, 1.82) is 0 Å². The van der Waals surface area contributed by atoms with Gasteiger partial charge >= 0.3 is 0 Å². The van der Waals surface area contributed by atoms with E-state index in [1.54, 1.807) is 18.6 Å². The molecule has 2 rings (SSSR count). The number of aldehydes is 1. The van der Waals surface area contributed by atoms with Crippen molar-refractivity contribution < 1.29 is 4.79 Å². The summed E-state index contributed by atoms with van der Waals surface area (Å²) in [6.45, 7) is 0. The minimum atomic E-state index is 0.691. The third-order valence-electron chi connectivity index (χ3n) is 2.18. The van der Waals surface area contributed by atoms with E-state index in [0.717, 1.165) is 17.5 Å². The van der Waals surface area contributed by atoms with Crippen LogP contribution in [0.2, 0.25) is 0 Å². The zero-order chi connectivity index (χ0) is 9.97. The Morgan fingerprint density at radius 2 is 2.14 bits per heavy atom. The molecule has 0 bridgehead atoms. The van der Waals surface area contributed by atoms with E-state index >= 15 is 0 Å². The summed E-state index contributed by atoms with van der Waals surface area (Å²) in [5.41, 5.74) is 2.56. The van der Waals surface area contributed by atoms with E-state index in [0.29, 0.717) is 5.56 Å². The Bertz CT molecular complexity index is 460. The number of imidazole rings is 1. The van der Waals surface area contributed by atoms with Crippen molar-refractivity contribution in [2.45, 2.75) is 0 Å². The number of nitrogens with zero attached hydrogens (tertiary/aromatic N) is 2. The molecular formula is C11H10N2O. The van der Waals surface area contributed by atoms with Crippen LogP contribution in [0.3, 0.4) is 0 Å². The van der Waals surface area contributed by atoms with E-state index in [1.165, 1.54) is 0 Å². The predicted molar refractivity (Wildman–Crippen MR) is 54.0 cm³/mol. The molecule has 14 heavy (non-hydrogen) atoms. The topological polar surface area (TPSA) is 34.9 Å². The van der Waals surface area contributed by atoms with Gasteiger partial charge in [0.25, 0.3) is 0 Å². The first kappa shape index (κ1) is 8.69. The van der Waals surface area contributed by atoms with Crippen LogP contribution in [0.15, 0.2) is 36.8 Å². The van der Waals surface area contributed by atoms with Gasteiger partial charge in [0.05, 0.1) is 18.2 Å². The van der Waals surface area contributed by atoms with Gasteiger partial charge in [-0.2, -0.15) is 0 Å². The molecule has 0 unspecified atom stereocenters. The predicted octanol–water partition coefficient (Wildman–Crippen LogP) is 1.90. The maximum Gasteiger partial charge on any atom is 0.150 e. The fourth-order valence-electron chi connectivity index (χ4n) is 1.45. The normalized spacial score (nSPS) is 10.1. The first-order valence-corrected chi connectivity index (χ1v) is 4.34. The fraction of sp³-hybridized carbons (Fsp3) is 0.0909. The minimum Gasteiger partial charge on any atom is -0.334 e. The molecule has 70 valence electrons. The van der Waals surface area contributed by atoms with E-state index in [-0.39, 0.29) is 0 Å². The number of carbonyl (C=O) groups is 1. The largest absolute Gasteiger partial charge is 0.334 e. The summed E-state index contributed by atoms with van der Waals surface area (Å²) in [6, 6.07) is 7.48. The number of rotatable bonds is 2. The van der Waals surface area contributed by atoms with E-state index in [9.17, 15) is 4.79 Å². The molecule has 0 spiro atoms. The van der Waals surface area contributed by atoms with Crippen LogP contribution in [0.5, 0.6) is 0 Å². The SMILES string of the molecule is Cn1cncc1-c1ccccc1C=O. The first-order valence-electron chi connectivity index (χ1n) is 4.34. The summed E-state index contributed by atoms with van der Waals surface area (Å²) in [5.74, 6) is 0. The fourth-order valence-corrected chi connectivity index (χ4v) is 1.45. The number of hydrogen-bond donors (Lipinski definition) is 0. The van der Waals surface area contributed by atoms with E-state index in [2.05, 4.69) is 4.98 Å². The van der Waals surface area contributed by atoms with Gasteiger partial charge in [-0.05, 0) is 0 Å². The highest BCUT2D eigenvalue weighted by Crippen LogP contribution is 2.20. The lowest BCUT2D eigenvalue weighted by atomic mass is 10.1. The van der Waals surface area contributed by atoms with Crippen LogP contribution >= 0.6 is 0 Å². The molecule has 0 radical (unpaired) electrons. The van der Waals surface area contributed by atoms with Gasteiger partial charge in [0, 0.05) is 18.2 Å². The van der Waals surface area contributed by atoms with Gasteiger partial charge in [-0.15, -0.1) is 0 Å². The smallest absolute Gasteiger partial charge is 0.150 e. The van der Waals surface area contributed by atoms with E-state index in [4.69, 9.17) is 0 Å². The van der Waals surface area contributed by atoms with Crippen molar-refractivity contribution in [2.24, 2.45) is 7.05 Å². The summed E-state index contributed by atoms with van der Waals surface area (Å²) >= 11 is 0. The van der Waals surface area contributed by atoms with Crippen LogP contribution in [-0.2, 0) is 7.05 Å². The minimum absolute atomic E-state index is 0.691. The van der Waals surface area contributed by atoms with Crippen LogP contribution in [0.25, 0.3) is 11.3 Å². The number of aryl methyl sites for hydroxylation is 1. The van der Waals surface area contributed by atoms with Crippen LogP contribution in [0.1, 0.15) is 10.4 Å². The van der Waals surface area contributed by atoms with Crippen molar-refractivity contribution in [3.05, 3.63) is 42.4 Å². The Hall–Kier alpha value is -1.90. The van der Waals surface area contributed by atoms with Gasteiger partial charge in [0.1, 0.15) is 0 Å². The number of carbonyl (C=O) groups excluding carboxylic acids is 1. The van der Waals surface area contributed by atoms with Gasteiger partial charge in [-0.25, -0.2) is 4.98 Å². The van der Waals surface area contributed by atoms with Crippen molar-refractivity contribution in [1.82, 2.24) is 9.55 Å². The Morgan fingerprint density at radius 3 is 2.79 bits per heavy atom. The molecule has 1 aromatic heterocycles. The lowest BCUT2D eigenvalue weighted by Crippen LogP contribution is -1.93. The average molecular weight is 186 g/mol. The Labute approximate surface area is 82.0 Å². The molecule has 0 aliphatic carbocycles. The van der Waals surface area contributed by atoms with Crippen LogP contribution in [0, 0.1) is 0 Å². The highest BCUT2D eigenvalue weighted by Gasteiger charge is 2.06. The molecule has 0 saturated heterocycles. The van der Waals surface area contributed by atoms with Crippen molar-refractivity contribution in [3.8, 4) is 11.3 Å². The molecule has 2 aromatic rings. The molecule has 0 aliphatic heterocycles. The lowest BCUT2D eigenvalue weighted by Gasteiger charge is -2.04. The molecule has 0 fully saturated rings. The lowest BCUT2D eigenvalue weighted by molar-refractivity contribution is 0.112. The molecule has 1 aromatic carbocycles. The van der Waals surface area contributed by atoms with Crippen molar-refractivity contribution in [3.63, 3.8) is 0 Å². The highest BCUT2D eigenvalue weighted by atomic mass is 16.1. The van der Waals surface area contributed by atoms with Gasteiger partial charge in [-0.1, -0.05) is 24.3 Å². The second kappa shape index (κ2) is 3.46. The number of hydrogen-bond acceptors (Lipinski definition) is 2. The number of benzene rings is 1. The zero-order valence-electron chi connectivity index (χ0n) is 7.84. The first-order chi connectivity index (χ1) is 6.83. The molecular weight excluding hydrogens is 176 g/mol. The standard InChI is InChI=1S/C11H10N2O/c1-13-8-12-6-11(13)10-5-3-2-4-9(10)7-14/h2-8H,1H3. The Morgan fingerprint density at radius 1 is 1.36 bits per heavy atom. The van der Waals surface area contributed by atoms with Crippen LogP contribution < -0.4 is 0 Å². The molecule has 0 N–H and O–H groups in total. The van der Waals surface area contributed by atoms with Crippen molar-refractivity contribution in [2.75, 3.05) is 0 Å². The van der Waals surface area contributed by atoms with Gasteiger partial charge in [-0.3, -0.25) is 4.79 Å². The van der Waals surface area contributed by atoms with Crippen molar-refractivity contribution >= 4 is 6.29 Å². The summed E-state index contributed by atoms with van der Waals surface area (Å²) in [5, 5.41) is 0. The number of aromatic nitrogens is 2. The molecule has 3 heteroatoms. The van der Waals surface area contributed by atoms with E-state index < -0.39 is 0 Å². The summed E-state index contributed by atoms with van der Waals surface area (Å²) in [6.07, 6.45) is 4.33. The summed E-state index contributed by atoms with van der Waals surface area (Å²) < 4.78 is 1.89. The summed E-state index contributed by atoms with van der Waals surface area (Å²) in [4.78, 5) is 14.8. The van der Waals surface area contributed by atoms with Crippen LogP contribution in [0.4, 0.5) is 0 Å². The Balaban J connectivity index is 2.62. The zero-order valence-corrected chi connectivity index (χ0v) is 7.84. The molecule has 1 heterocycles. The van der Waals surface area contributed by atoms with Gasteiger partial charge in [0.15, 0.2) is 6.29 Å². The Kier molecular flexibility index (Phi) is 2.14. The molecule has 0 amide bonds. The average Bonchev–Trinajstić information content (AvgIpc) is 2.64. The van der Waals surface area contributed by atoms with E-state index in [1.807, 2.05) is 29.8 Å². The maximum absolute atomic E-state index is 10.8. The molecule has 0 aliphatic rings. The van der Waals surface area contributed by atoms with Crippen LogP contribution in [-0.4, -0.2) is 15.8 Å². The highest BCUT2D eigenvalue weighted by molar-refractivity contribution is 5.86. The maximum atomic E-state index is 10.8. The van der Waals surface area contributed by atoms with Gasteiger partial charge < -0.3 is 4.57 Å². The third-order valence-corrected chi connectivity index (χ3v) is 2.18. The molecule has 3 nitrogen and oxygen atoms in total.